The number of benzene rings is 2. The Morgan fingerprint density at radius 3 is 2.50 bits per heavy atom. The minimum atomic E-state index is -0.854. The summed E-state index contributed by atoms with van der Waals surface area (Å²) < 4.78 is 5.15. The van der Waals surface area contributed by atoms with Gasteiger partial charge in [-0.2, -0.15) is 0 Å². The summed E-state index contributed by atoms with van der Waals surface area (Å²) in [7, 11) is 0. The third-order valence-corrected chi connectivity index (χ3v) is 4.76. The van der Waals surface area contributed by atoms with Crippen LogP contribution in [0.25, 0.3) is 5.57 Å². The summed E-state index contributed by atoms with van der Waals surface area (Å²) in [6.45, 7) is 3.96. The van der Waals surface area contributed by atoms with E-state index in [9.17, 15) is 14.7 Å². The lowest BCUT2D eigenvalue weighted by Crippen LogP contribution is -2.34. The van der Waals surface area contributed by atoms with Crippen LogP contribution in [0.15, 0.2) is 54.6 Å². The molecule has 1 aliphatic carbocycles. The number of carbonyl (C=O) groups is 2. The average molecular weight is 350 g/mol. The second-order valence-electron chi connectivity index (χ2n) is 6.54. The SMILES string of the molecule is CCOC(=O)C1C(=O)C=C(c2ccccc2O)CC1c1ccc(C)cc1. The van der Waals surface area contributed by atoms with Gasteiger partial charge in [-0.25, -0.2) is 0 Å². The predicted molar refractivity (Wildman–Crippen MR) is 99.8 cm³/mol. The molecular weight excluding hydrogens is 328 g/mol. The Morgan fingerprint density at radius 1 is 1.15 bits per heavy atom. The molecule has 0 saturated carbocycles. The number of allylic oxidation sites excluding steroid dienone is 2. The molecule has 0 bridgehead atoms. The van der Waals surface area contributed by atoms with Crippen molar-refractivity contribution in [3.05, 3.63) is 71.3 Å². The first-order chi connectivity index (χ1) is 12.5. The Balaban J connectivity index is 2.04. The van der Waals surface area contributed by atoms with Crippen LogP contribution in [0.5, 0.6) is 5.75 Å². The fourth-order valence-electron chi connectivity index (χ4n) is 3.44. The molecule has 4 heteroatoms. The van der Waals surface area contributed by atoms with Gasteiger partial charge in [-0.05, 0) is 43.5 Å². The van der Waals surface area contributed by atoms with Crippen molar-refractivity contribution in [3.8, 4) is 5.75 Å². The largest absolute Gasteiger partial charge is 0.507 e. The number of rotatable bonds is 4. The van der Waals surface area contributed by atoms with Crippen LogP contribution in [0, 0.1) is 12.8 Å². The summed E-state index contributed by atoms with van der Waals surface area (Å²) in [6.07, 6.45) is 1.96. The van der Waals surface area contributed by atoms with Gasteiger partial charge in [-0.15, -0.1) is 0 Å². The molecule has 134 valence electrons. The van der Waals surface area contributed by atoms with Crippen molar-refractivity contribution < 1.29 is 19.4 Å². The minimum Gasteiger partial charge on any atom is -0.507 e. The third kappa shape index (κ3) is 3.54. The molecule has 2 aromatic rings. The molecular formula is C22H22O4. The lowest BCUT2D eigenvalue weighted by Gasteiger charge is -2.29. The fraction of sp³-hybridized carbons (Fsp3) is 0.273. The van der Waals surface area contributed by atoms with Crippen molar-refractivity contribution in [1.82, 2.24) is 0 Å². The molecule has 4 nitrogen and oxygen atoms in total. The van der Waals surface area contributed by atoms with Crippen molar-refractivity contribution in [2.75, 3.05) is 6.61 Å². The van der Waals surface area contributed by atoms with Gasteiger partial charge in [0.2, 0.25) is 0 Å². The number of aromatic hydroxyl groups is 1. The van der Waals surface area contributed by atoms with Crippen LogP contribution in [0.1, 0.15) is 36.0 Å². The first-order valence-corrected chi connectivity index (χ1v) is 8.77. The monoisotopic (exact) mass is 350 g/mol. The van der Waals surface area contributed by atoms with E-state index in [-0.39, 0.29) is 24.1 Å². The molecule has 2 aromatic carbocycles. The highest BCUT2D eigenvalue weighted by Crippen LogP contribution is 2.42. The molecule has 0 radical (unpaired) electrons. The van der Waals surface area contributed by atoms with Gasteiger partial charge in [-0.3, -0.25) is 9.59 Å². The van der Waals surface area contributed by atoms with Crippen molar-refractivity contribution in [2.45, 2.75) is 26.2 Å². The number of ether oxygens (including phenoxy) is 1. The Bertz CT molecular complexity index is 849. The van der Waals surface area contributed by atoms with E-state index in [1.54, 1.807) is 25.1 Å². The summed E-state index contributed by atoms with van der Waals surface area (Å²) >= 11 is 0. The van der Waals surface area contributed by atoms with Crippen LogP contribution in [0.4, 0.5) is 0 Å². The van der Waals surface area contributed by atoms with E-state index in [1.165, 1.54) is 6.08 Å². The van der Waals surface area contributed by atoms with Crippen molar-refractivity contribution in [3.63, 3.8) is 0 Å². The van der Waals surface area contributed by atoms with Gasteiger partial charge in [0.25, 0.3) is 0 Å². The van der Waals surface area contributed by atoms with Crippen molar-refractivity contribution >= 4 is 17.3 Å². The molecule has 0 aromatic heterocycles. The number of carbonyl (C=O) groups excluding carboxylic acids is 2. The molecule has 0 aliphatic heterocycles. The lowest BCUT2D eigenvalue weighted by molar-refractivity contribution is -0.151. The number of phenols is 1. The zero-order chi connectivity index (χ0) is 18.7. The second-order valence-corrected chi connectivity index (χ2v) is 6.54. The number of hydrogen-bond acceptors (Lipinski definition) is 4. The highest BCUT2D eigenvalue weighted by atomic mass is 16.5. The van der Waals surface area contributed by atoms with E-state index in [1.807, 2.05) is 37.3 Å². The van der Waals surface area contributed by atoms with Gasteiger partial charge < -0.3 is 9.84 Å². The number of ketones is 1. The zero-order valence-corrected chi connectivity index (χ0v) is 14.9. The Morgan fingerprint density at radius 2 is 1.85 bits per heavy atom. The Labute approximate surface area is 153 Å². The van der Waals surface area contributed by atoms with Gasteiger partial charge in [0.05, 0.1) is 6.61 Å². The molecule has 0 heterocycles. The predicted octanol–water partition coefficient (Wildman–Crippen LogP) is 4.02. The first kappa shape index (κ1) is 17.9. The quantitative estimate of drug-likeness (QED) is 0.668. The summed E-state index contributed by atoms with van der Waals surface area (Å²) in [5.74, 6) is -1.81. The molecule has 3 rings (SSSR count). The standard InChI is InChI=1S/C22H22O4/c1-3-26-22(25)21-18(15-10-8-14(2)9-11-15)12-16(13-20(21)24)17-6-4-5-7-19(17)23/h4-11,13,18,21,23H,3,12H2,1-2H3. The average Bonchev–Trinajstić information content (AvgIpc) is 2.62. The van der Waals surface area contributed by atoms with Crippen LogP contribution in [0.3, 0.4) is 0 Å². The maximum Gasteiger partial charge on any atom is 0.317 e. The van der Waals surface area contributed by atoms with E-state index in [4.69, 9.17) is 4.74 Å². The van der Waals surface area contributed by atoms with E-state index in [2.05, 4.69) is 0 Å². The Kier molecular flexibility index (Phi) is 5.21. The van der Waals surface area contributed by atoms with Crippen LogP contribution < -0.4 is 0 Å². The molecule has 1 N–H and O–H groups in total. The number of para-hydroxylation sites is 1. The van der Waals surface area contributed by atoms with Crippen LogP contribution in [-0.2, 0) is 14.3 Å². The second kappa shape index (κ2) is 7.56. The van der Waals surface area contributed by atoms with Crippen molar-refractivity contribution in [2.24, 2.45) is 5.92 Å². The molecule has 0 saturated heterocycles. The van der Waals surface area contributed by atoms with E-state index in [0.29, 0.717) is 12.0 Å². The fourth-order valence-corrected chi connectivity index (χ4v) is 3.44. The van der Waals surface area contributed by atoms with E-state index >= 15 is 0 Å². The van der Waals surface area contributed by atoms with Gasteiger partial charge in [0.15, 0.2) is 5.78 Å². The molecule has 1 aliphatic rings. The van der Waals surface area contributed by atoms with Gasteiger partial charge >= 0.3 is 5.97 Å². The summed E-state index contributed by atoms with van der Waals surface area (Å²) in [6, 6.07) is 14.8. The van der Waals surface area contributed by atoms with Gasteiger partial charge in [0, 0.05) is 11.5 Å². The maximum absolute atomic E-state index is 12.8. The molecule has 26 heavy (non-hydrogen) atoms. The van der Waals surface area contributed by atoms with E-state index < -0.39 is 11.9 Å². The number of esters is 1. The van der Waals surface area contributed by atoms with Crippen LogP contribution in [-0.4, -0.2) is 23.5 Å². The first-order valence-electron chi connectivity index (χ1n) is 8.77. The highest BCUT2D eigenvalue weighted by molar-refractivity contribution is 6.11. The van der Waals surface area contributed by atoms with Crippen LogP contribution in [0.2, 0.25) is 0 Å². The summed E-state index contributed by atoms with van der Waals surface area (Å²) in [5.41, 5.74) is 3.39. The molecule has 0 fully saturated rings. The highest BCUT2D eigenvalue weighted by Gasteiger charge is 2.40. The summed E-state index contributed by atoms with van der Waals surface area (Å²) in [4.78, 5) is 25.2. The van der Waals surface area contributed by atoms with Gasteiger partial charge in [-0.1, -0.05) is 48.0 Å². The third-order valence-electron chi connectivity index (χ3n) is 4.76. The molecule has 2 unspecified atom stereocenters. The number of phenolic OH excluding ortho intramolecular Hbond substituents is 1. The van der Waals surface area contributed by atoms with E-state index in [0.717, 1.165) is 16.7 Å². The van der Waals surface area contributed by atoms with Crippen LogP contribution >= 0.6 is 0 Å². The molecule has 2 atom stereocenters. The molecule has 0 spiro atoms. The molecule has 0 amide bonds. The lowest BCUT2D eigenvalue weighted by atomic mass is 9.73. The summed E-state index contributed by atoms with van der Waals surface area (Å²) in [5, 5.41) is 10.2. The maximum atomic E-state index is 12.8. The van der Waals surface area contributed by atoms with Crippen molar-refractivity contribution in [1.29, 1.82) is 0 Å². The number of hydrogen-bond donors (Lipinski definition) is 1. The topological polar surface area (TPSA) is 63.6 Å². The smallest absolute Gasteiger partial charge is 0.317 e. The normalized spacial score (nSPS) is 19.8. The zero-order valence-electron chi connectivity index (χ0n) is 14.9. The minimum absolute atomic E-state index is 0.129. The van der Waals surface area contributed by atoms with Gasteiger partial charge in [0.1, 0.15) is 11.7 Å². The Hall–Kier alpha value is -2.88. The number of aryl methyl sites for hydroxylation is 1.